The number of carbonyl (C=O) groups excluding carboxylic acids is 1. The standard InChI is InChI=1S/C18H20N4O3S/c23-18(15-7-4-8-19-20-15)22-10-9-21(11-14-5-2-1-3-6-14)16-12-26(24,25)13-17(16)22/h1-8,16-17H,9-13H2/t16-,17+/m1/s1. The van der Waals surface area contributed by atoms with Crippen molar-refractivity contribution >= 4 is 15.7 Å². The molecule has 0 saturated carbocycles. The quantitative estimate of drug-likeness (QED) is 0.785. The van der Waals surface area contributed by atoms with Crippen LogP contribution in [-0.2, 0) is 16.4 Å². The van der Waals surface area contributed by atoms with Gasteiger partial charge in [0.15, 0.2) is 15.5 Å². The van der Waals surface area contributed by atoms with Crippen LogP contribution in [0.4, 0.5) is 0 Å². The third kappa shape index (κ3) is 3.34. The molecule has 26 heavy (non-hydrogen) atoms. The van der Waals surface area contributed by atoms with Crippen molar-refractivity contribution in [2.24, 2.45) is 0 Å². The fraction of sp³-hybridized carbons (Fsp3) is 0.389. The molecule has 136 valence electrons. The van der Waals surface area contributed by atoms with Gasteiger partial charge >= 0.3 is 0 Å². The van der Waals surface area contributed by atoms with E-state index in [1.54, 1.807) is 17.0 Å². The van der Waals surface area contributed by atoms with Crippen LogP contribution < -0.4 is 0 Å². The van der Waals surface area contributed by atoms with Gasteiger partial charge in [-0.1, -0.05) is 30.3 Å². The van der Waals surface area contributed by atoms with Crippen LogP contribution in [0, 0.1) is 0 Å². The minimum absolute atomic E-state index is 0.00889. The first-order valence-electron chi connectivity index (χ1n) is 8.60. The summed E-state index contributed by atoms with van der Waals surface area (Å²) in [7, 11) is -3.17. The van der Waals surface area contributed by atoms with E-state index in [-0.39, 0.29) is 35.2 Å². The van der Waals surface area contributed by atoms with E-state index >= 15 is 0 Å². The number of hydrogen-bond donors (Lipinski definition) is 0. The number of rotatable bonds is 3. The molecule has 4 rings (SSSR count). The van der Waals surface area contributed by atoms with Crippen molar-refractivity contribution < 1.29 is 13.2 Å². The van der Waals surface area contributed by atoms with Crippen LogP contribution in [0.1, 0.15) is 16.1 Å². The fourth-order valence-electron chi connectivity index (χ4n) is 3.85. The Balaban J connectivity index is 1.59. The van der Waals surface area contributed by atoms with E-state index in [0.717, 1.165) is 5.56 Å². The summed E-state index contributed by atoms with van der Waals surface area (Å²) in [6.07, 6.45) is 1.51. The smallest absolute Gasteiger partial charge is 0.274 e. The lowest BCUT2D eigenvalue weighted by molar-refractivity contribution is 0.0301. The van der Waals surface area contributed by atoms with Gasteiger partial charge in [0.25, 0.3) is 5.91 Å². The summed E-state index contributed by atoms with van der Waals surface area (Å²) in [5.74, 6) is -0.145. The van der Waals surface area contributed by atoms with Crippen molar-refractivity contribution in [3.8, 4) is 0 Å². The maximum Gasteiger partial charge on any atom is 0.274 e. The SMILES string of the molecule is O=C(c1cccnn1)N1CCN(Cc2ccccc2)[C@@H]2CS(=O)(=O)C[C@@H]21. The Hall–Kier alpha value is -2.32. The molecule has 2 fully saturated rings. The molecular formula is C18H20N4O3S. The lowest BCUT2D eigenvalue weighted by Crippen LogP contribution is -2.60. The van der Waals surface area contributed by atoms with E-state index < -0.39 is 9.84 Å². The van der Waals surface area contributed by atoms with Crippen LogP contribution in [0.3, 0.4) is 0 Å². The summed E-state index contributed by atoms with van der Waals surface area (Å²) in [4.78, 5) is 16.7. The van der Waals surface area contributed by atoms with Gasteiger partial charge in [-0.3, -0.25) is 9.69 Å². The molecule has 2 aliphatic heterocycles. The molecule has 0 unspecified atom stereocenters. The zero-order chi connectivity index (χ0) is 18.1. The zero-order valence-corrected chi connectivity index (χ0v) is 15.0. The Morgan fingerprint density at radius 2 is 1.81 bits per heavy atom. The first-order chi connectivity index (χ1) is 12.5. The second kappa shape index (κ2) is 6.77. The molecule has 3 heterocycles. The Morgan fingerprint density at radius 1 is 1.04 bits per heavy atom. The molecule has 0 spiro atoms. The summed E-state index contributed by atoms with van der Waals surface area (Å²) >= 11 is 0. The van der Waals surface area contributed by atoms with Crippen LogP contribution in [0.15, 0.2) is 48.7 Å². The molecule has 0 aliphatic carbocycles. The average molecular weight is 372 g/mol. The number of aromatic nitrogens is 2. The van der Waals surface area contributed by atoms with Gasteiger partial charge in [0, 0.05) is 31.9 Å². The van der Waals surface area contributed by atoms with E-state index in [2.05, 4.69) is 15.1 Å². The molecule has 1 aromatic heterocycles. The predicted octanol–water partition coefficient (Wildman–Crippen LogP) is 0.600. The Labute approximate surface area is 152 Å². The van der Waals surface area contributed by atoms with Crippen molar-refractivity contribution in [3.05, 3.63) is 59.9 Å². The number of nitrogens with zero attached hydrogens (tertiary/aromatic N) is 4. The number of amides is 1. The van der Waals surface area contributed by atoms with Crippen molar-refractivity contribution in [2.45, 2.75) is 18.6 Å². The summed E-state index contributed by atoms with van der Waals surface area (Å²) in [5, 5.41) is 7.65. The molecule has 2 saturated heterocycles. The highest BCUT2D eigenvalue weighted by Gasteiger charge is 2.48. The summed E-state index contributed by atoms with van der Waals surface area (Å²) < 4.78 is 24.6. The minimum atomic E-state index is -3.17. The first kappa shape index (κ1) is 17.1. The van der Waals surface area contributed by atoms with Gasteiger partial charge in [-0.15, -0.1) is 5.10 Å². The highest BCUT2D eigenvalue weighted by atomic mass is 32.2. The molecule has 7 nitrogen and oxygen atoms in total. The van der Waals surface area contributed by atoms with E-state index in [1.165, 1.54) is 6.20 Å². The molecular weight excluding hydrogens is 352 g/mol. The predicted molar refractivity (Wildman–Crippen MR) is 96.2 cm³/mol. The second-order valence-corrected chi connectivity index (χ2v) is 8.93. The summed E-state index contributed by atoms with van der Waals surface area (Å²) in [6, 6.07) is 12.7. The van der Waals surface area contributed by atoms with Gasteiger partial charge in [-0.2, -0.15) is 5.10 Å². The lowest BCUT2D eigenvalue weighted by Gasteiger charge is -2.43. The molecule has 1 amide bonds. The average Bonchev–Trinajstić information content (AvgIpc) is 2.98. The number of piperazine rings is 1. The van der Waals surface area contributed by atoms with E-state index in [1.807, 2.05) is 30.3 Å². The van der Waals surface area contributed by atoms with Crippen LogP contribution in [-0.4, -0.2) is 71.0 Å². The molecule has 8 heteroatoms. The molecule has 0 radical (unpaired) electrons. The number of fused-ring (bicyclic) bond motifs is 1. The normalized spacial score (nSPS) is 25.0. The third-order valence-electron chi connectivity index (χ3n) is 5.07. The number of carbonyl (C=O) groups is 1. The minimum Gasteiger partial charge on any atom is -0.330 e. The Morgan fingerprint density at radius 3 is 2.54 bits per heavy atom. The molecule has 2 aliphatic rings. The van der Waals surface area contributed by atoms with Gasteiger partial charge in [-0.05, 0) is 17.7 Å². The van der Waals surface area contributed by atoms with E-state index in [0.29, 0.717) is 19.6 Å². The largest absolute Gasteiger partial charge is 0.330 e. The molecule has 2 atom stereocenters. The zero-order valence-electron chi connectivity index (χ0n) is 14.2. The number of benzene rings is 1. The first-order valence-corrected chi connectivity index (χ1v) is 10.4. The van der Waals surface area contributed by atoms with Crippen LogP contribution in [0.25, 0.3) is 0 Å². The Bertz CT molecular complexity index is 889. The van der Waals surface area contributed by atoms with Crippen molar-refractivity contribution in [1.82, 2.24) is 20.0 Å². The summed E-state index contributed by atoms with van der Waals surface area (Å²) in [6.45, 7) is 1.81. The lowest BCUT2D eigenvalue weighted by atomic mass is 10.0. The summed E-state index contributed by atoms with van der Waals surface area (Å²) in [5.41, 5.74) is 1.40. The van der Waals surface area contributed by atoms with Gasteiger partial charge in [0.1, 0.15) is 0 Å². The van der Waals surface area contributed by atoms with Crippen LogP contribution in [0.2, 0.25) is 0 Å². The second-order valence-electron chi connectivity index (χ2n) is 6.78. The van der Waals surface area contributed by atoms with Gasteiger partial charge < -0.3 is 4.90 Å². The number of sulfone groups is 1. The highest BCUT2D eigenvalue weighted by Crippen LogP contribution is 2.29. The van der Waals surface area contributed by atoms with Crippen molar-refractivity contribution in [3.63, 3.8) is 0 Å². The van der Waals surface area contributed by atoms with Crippen molar-refractivity contribution in [2.75, 3.05) is 24.6 Å². The van der Waals surface area contributed by atoms with Crippen molar-refractivity contribution in [1.29, 1.82) is 0 Å². The monoisotopic (exact) mass is 372 g/mol. The van der Waals surface area contributed by atoms with Gasteiger partial charge in [0.2, 0.25) is 0 Å². The topological polar surface area (TPSA) is 83.5 Å². The third-order valence-corrected chi connectivity index (χ3v) is 6.77. The Kier molecular flexibility index (Phi) is 4.46. The van der Waals surface area contributed by atoms with Crippen LogP contribution in [0.5, 0.6) is 0 Å². The molecule has 2 aromatic rings. The molecule has 0 bridgehead atoms. The van der Waals surface area contributed by atoms with Gasteiger partial charge in [-0.25, -0.2) is 8.42 Å². The maximum atomic E-state index is 12.8. The molecule has 1 aromatic carbocycles. The number of hydrogen-bond acceptors (Lipinski definition) is 6. The fourth-order valence-corrected chi connectivity index (χ4v) is 5.87. The highest BCUT2D eigenvalue weighted by molar-refractivity contribution is 7.91. The van der Waals surface area contributed by atoms with E-state index in [4.69, 9.17) is 0 Å². The van der Waals surface area contributed by atoms with E-state index in [9.17, 15) is 13.2 Å². The van der Waals surface area contributed by atoms with Gasteiger partial charge in [0.05, 0.1) is 17.5 Å². The maximum absolute atomic E-state index is 12.8. The van der Waals surface area contributed by atoms with Crippen LogP contribution >= 0.6 is 0 Å². The molecule has 0 N–H and O–H groups in total.